The van der Waals surface area contributed by atoms with E-state index < -0.39 is 24.3 Å². The van der Waals surface area contributed by atoms with E-state index in [0.717, 1.165) is 75.7 Å². The SMILES string of the molecule is CCCC[C@H](F)C(=O)OC1CCC(COc2ccc(OCC3CCC(OC(=O)[C@@H](F)CCCC)CC3)cc2)CC1. The van der Waals surface area contributed by atoms with Crippen molar-refractivity contribution in [3.8, 4) is 11.5 Å². The van der Waals surface area contributed by atoms with E-state index in [9.17, 15) is 18.4 Å². The van der Waals surface area contributed by atoms with Gasteiger partial charge in [-0.1, -0.05) is 39.5 Å². The van der Waals surface area contributed by atoms with Gasteiger partial charge in [0.1, 0.15) is 23.7 Å². The van der Waals surface area contributed by atoms with Crippen molar-refractivity contribution in [3.63, 3.8) is 0 Å². The predicted octanol–water partition coefficient (Wildman–Crippen LogP) is 7.70. The third kappa shape index (κ3) is 11.2. The van der Waals surface area contributed by atoms with Crippen LogP contribution in [-0.2, 0) is 19.1 Å². The van der Waals surface area contributed by atoms with Crippen molar-refractivity contribution < 1.29 is 37.3 Å². The molecule has 226 valence electrons. The lowest BCUT2D eigenvalue weighted by Crippen LogP contribution is -2.30. The number of esters is 2. The molecule has 2 saturated carbocycles. The van der Waals surface area contributed by atoms with Gasteiger partial charge in [0.2, 0.25) is 0 Å². The molecule has 2 atom stereocenters. The molecule has 0 amide bonds. The Morgan fingerprint density at radius 1 is 0.675 bits per heavy atom. The Kier molecular flexibility index (Phi) is 14.0. The smallest absolute Gasteiger partial charge is 0.340 e. The Labute approximate surface area is 238 Å². The number of carbonyl (C=O) groups excluding carboxylic acids is 2. The molecule has 40 heavy (non-hydrogen) atoms. The second-order valence-electron chi connectivity index (χ2n) is 11.5. The van der Waals surface area contributed by atoms with Gasteiger partial charge in [-0.15, -0.1) is 0 Å². The molecule has 2 aliphatic carbocycles. The van der Waals surface area contributed by atoms with Gasteiger partial charge in [-0.05, 0) is 100 Å². The van der Waals surface area contributed by atoms with Gasteiger partial charge >= 0.3 is 11.9 Å². The van der Waals surface area contributed by atoms with E-state index in [4.69, 9.17) is 18.9 Å². The second-order valence-corrected chi connectivity index (χ2v) is 11.5. The van der Waals surface area contributed by atoms with Gasteiger partial charge in [-0.2, -0.15) is 0 Å². The summed E-state index contributed by atoms with van der Waals surface area (Å²) in [5.74, 6) is 0.910. The van der Waals surface area contributed by atoms with Crippen LogP contribution in [0.25, 0.3) is 0 Å². The molecule has 6 nitrogen and oxygen atoms in total. The molecule has 0 heterocycles. The monoisotopic (exact) mass is 566 g/mol. The molecule has 0 saturated heterocycles. The third-order valence-corrected chi connectivity index (χ3v) is 8.08. The highest BCUT2D eigenvalue weighted by atomic mass is 19.1. The first kappa shape index (κ1) is 32.1. The lowest BCUT2D eigenvalue weighted by Gasteiger charge is -2.29. The number of rotatable bonds is 16. The van der Waals surface area contributed by atoms with Crippen molar-refractivity contribution in [1.29, 1.82) is 0 Å². The average Bonchev–Trinajstić information content (AvgIpc) is 2.98. The Hall–Kier alpha value is -2.38. The normalized spacial score (nSPS) is 24.5. The van der Waals surface area contributed by atoms with E-state index >= 15 is 0 Å². The Morgan fingerprint density at radius 3 is 1.35 bits per heavy atom. The van der Waals surface area contributed by atoms with E-state index in [1.54, 1.807) is 0 Å². The number of ether oxygens (including phenoxy) is 4. The van der Waals surface area contributed by atoms with Crippen LogP contribution >= 0.6 is 0 Å². The molecule has 8 heteroatoms. The maximum Gasteiger partial charge on any atom is 0.340 e. The number of halogens is 2. The van der Waals surface area contributed by atoms with Gasteiger partial charge in [-0.25, -0.2) is 18.4 Å². The van der Waals surface area contributed by atoms with Crippen LogP contribution in [0.1, 0.15) is 104 Å². The van der Waals surface area contributed by atoms with Crippen LogP contribution in [0.5, 0.6) is 11.5 Å². The number of alkyl halides is 2. The zero-order chi connectivity index (χ0) is 28.7. The predicted molar refractivity (Wildman–Crippen MR) is 150 cm³/mol. The molecule has 1 aromatic carbocycles. The highest BCUT2D eigenvalue weighted by molar-refractivity contribution is 5.75. The first-order chi connectivity index (χ1) is 19.4. The highest BCUT2D eigenvalue weighted by Gasteiger charge is 2.29. The summed E-state index contributed by atoms with van der Waals surface area (Å²) < 4.78 is 50.5. The molecular formula is C32H48F2O6. The fraction of sp³-hybridized carbons (Fsp3) is 0.750. The van der Waals surface area contributed by atoms with Crippen LogP contribution in [0.15, 0.2) is 24.3 Å². The maximum atomic E-state index is 13.9. The minimum Gasteiger partial charge on any atom is -0.493 e. The molecule has 0 radical (unpaired) electrons. The van der Waals surface area contributed by atoms with Crippen LogP contribution in [0, 0.1) is 11.8 Å². The Morgan fingerprint density at radius 2 is 1.02 bits per heavy atom. The van der Waals surface area contributed by atoms with Gasteiger partial charge < -0.3 is 18.9 Å². The quantitative estimate of drug-likeness (QED) is 0.191. The van der Waals surface area contributed by atoms with Crippen molar-refractivity contribution in [2.75, 3.05) is 13.2 Å². The lowest BCUT2D eigenvalue weighted by molar-refractivity contribution is -0.158. The molecule has 2 fully saturated rings. The summed E-state index contributed by atoms with van der Waals surface area (Å²) in [6, 6.07) is 7.62. The van der Waals surface area contributed by atoms with Crippen LogP contribution in [0.2, 0.25) is 0 Å². The first-order valence-corrected chi connectivity index (χ1v) is 15.4. The van der Waals surface area contributed by atoms with Crippen molar-refractivity contribution in [3.05, 3.63) is 24.3 Å². The van der Waals surface area contributed by atoms with E-state index in [-0.39, 0.29) is 25.0 Å². The molecule has 1 aromatic rings. The topological polar surface area (TPSA) is 71.1 Å². The average molecular weight is 567 g/mol. The van der Waals surface area contributed by atoms with Crippen LogP contribution in [0.4, 0.5) is 8.78 Å². The summed E-state index contributed by atoms with van der Waals surface area (Å²) >= 11 is 0. The minimum atomic E-state index is -1.51. The van der Waals surface area contributed by atoms with Gasteiger partial charge in [0.15, 0.2) is 12.3 Å². The summed E-state index contributed by atoms with van der Waals surface area (Å²) in [7, 11) is 0. The van der Waals surface area contributed by atoms with E-state index in [0.29, 0.717) is 37.9 Å². The highest BCUT2D eigenvalue weighted by Crippen LogP contribution is 2.30. The van der Waals surface area contributed by atoms with Crippen molar-refractivity contribution in [1.82, 2.24) is 0 Å². The Balaban J connectivity index is 1.27. The molecule has 0 spiro atoms. The lowest BCUT2D eigenvalue weighted by atomic mass is 9.88. The van der Waals surface area contributed by atoms with Gasteiger partial charge in [0, 0.05) is 0 Å². The molecule has 0 unspecified atom stereocenters. The molecule has 3 rings (SSSR count). The molecule has 2 aliphatic rings. The van der Waals surface area contributed by atoms with Gasteiger partial charge in [0.25, 0.3) is 0 Å². The van der Waals surface area contributed by atoms with E-state index in [1.165, 1.54) is 0 Å². The summed E-state index contributed by atoms with van der Waals surface area (Å²) in [5, 5.41) is 0. The number of hydrogen-bond donors (Lipinski definition) is 0. The van der Waals surface area contributed by atoms with Crippen LogP contribution in [0.3, 0.4) is 0 Å². The maximum absolute atomic E-state index is 13.9. The van der Waals surface area contributed by atoms with Crippen molar-refractivity contribution in [2.24, 2.45) is 11.8 Å². The summed E-state index contributed by atoms with van der Waals surface area (Å²) in [6.45, 7) is 5.14. The van der Waals surface area contributed by atoms with E-state index in [1.807, 2.05) is 38.1 Å². The number of hydrogen-bond acceptors (Lipinski definition) is 6. The van der Waals surface area contributed by atoms with Gasteiger partial charge in [0.05, 0.1) is 13.2 Å². The molecule has 0 aromatic heterocycles. The van der Waals surface area contributed by atoms with Crippen LogP contribution in [-0.4, -0.2) is 49.7 Å². The fourth-order valence-electron chi connectivity index (χ4n) is 5.37. The third-order valence-electron chi connectivity index (χ3n) is 8.08. The van der Waals surface area contributed by atoms with Crippen LogP contribution < -0.4 is 9.47 Å². The zero-order valence-electron chi connectivity index (χ0n) is 24.3. The summed E-state index contributed by atoms with van der Waals surface area (Å²) in [6.07, 6.45) is 6.71. The standard InChI is InChI=1S/C32H48F2O6/c1-3-5-7-29(33)31(35)39-27-13-9-23(10-14-27)21-37-25-17-19-26(20-18-25)38-22-24-11-15-28(16-12-24)40-32(36)30(34)8-6-4-2/h17-20,23-24,27-30H,3-16,21-22H2,1-2H3/t23?,24?,27?,28?,29-,30-/m0/s1. The molecule has 0 bridgehead atoms. The summed E-state index contributed by atoms with van der Waals surface area (Å²) in [4.78, 5) is 23.8. The first-order valence-electron chi connectivity index (χ1n) is 15.4. The minimum absolute atomic E-state index is 0.192. The molecular weight excluding hydrogens is 518 g/mol. The molecule has 0 N–H and O–H groups in total. The van der Waals surface area contributed by atoms with Crippen molar-refractivity contribution in [2.45, 2.75) is 128 Å². The second kappa shape index (κ2) is 17.4. The molecule has 0 aliphatic heterocycles. The summed E-state index contributed by atoms with van der Waals surface area (Å²) in [5.41, 5.74) is 0. The zero-order valence-corrected chi connectivity index (χ0v) is 24.3. The van der Waals surface area contributed by atoms with Crippen molar-refractivity contribution >= 4 is 11.9 Å². The Bertz CT molecular complexity index is 792. The number of benzene rings is 1. The number of unbranched alkanes of at least 4 members (excludes halogenated alkanes) is 2. The number of carbonyl (C=O) groups is 2. The van der Waals surface area contributed by atoms with E-state index in [2.05, 4.69) is 0 Å². The van der Waals surface area contributed by atoms with Gasteiger partial charge in [-0.3, -0.25) is 0 Å². The fourth-order valence-corrected chi connectivity index (χ4v) is 5.37. The largest absolute Gasteiger partial charge is 0.493 e.